The van der Waals surface area contributed by atoms with Gasteiger partial charge in [0.15, 0.2) is 22.8 Å². The third kappa shape index (κ3) is 3.05. The predicted molar refractivity (Wildman–Crippen MR) is 115 cm³/mol. The lowest BCUT2D eigenvalue weighted by molar-refractivity contribution is 0.258. The van der Waals surface area contributed by atoms with Crippen LogP contribution in [-0.4, -0.2) is 64.9 Å². The number of nitrogens with one attached hydrogen (secondary N) is 1. The minimum Gasteiger partial charge on any atom is -0.356 e. The quantitative estimate of drug-likeness (QED) is 0.695. The summed E-state index contributed by atoms with van der Waals surface area (Å²) >= 11 is 0. The SMILES string of the molecule is CN1CCN(c2n[nH]c3nc(N4CCC(C)(CN)CC4)cnc23)c2cccnc21. The van der Waals surface area contributed by atoms with Gasteiger partial charge in [-0.25, -0.2) is 15.0 Å². The van der Waals surface area contributed by atoms with Gasteiger partial charge in [0.2, 0.25) is 0 Å². The van der Waals surface area contributed by atoms with Gasteiger partial charge < -0.3 is 20.4 Å². The maximum atomic E-state index is 5.94. The number of piperidine rings is 1. The van der Waals surface area contributed by atoms with Gasteiger partial charge in [-0.15, -0.1) is 0 Å². The second kappa shape index (κ2) is 6.84. The van der Waals surface area contributed by atoms with Crippen molar-refractivity contribution in [3.05, 3.63) is 24.5 Å². The highest BCUT2D eigenvalue weighted by Gasteiger charge is 2.30. The van der Waals surface area contributed by atoms with E-state index >= 15 is 0 Å². The summed E-state index contributed by atoms with van der Waals surface area (Å²) in [4.78, 5) is 20.7. The van der Waals surface area contributed by atoms with Crippen LogP contribution in [0.25, 0.3) is 11.2 Å². The fraction of sp³-hybridized carbons (Fsp3) is 0.500. The average Bonchev–Trinajstić information content (AvgIpc) is 3.18. The molecule has 0 spiro atoms. The van der Waals surface area contributed by atoms with Crippen LogP contribution in [0.2, 0.25) is 0 Å². The molecule has 0 atom stereocenters. The van der Waals surface area contributed by atoms with Crippen molar-refractivity contribution in [3.63, 3.8) is 0 Å². The maximum Gasteiger partial charge on any atom is 0.183 e. The van der Waals surface area contributed by atoms with E-state index in [9.17, 15) is 0 Å². The summed E-state index contributed by atoms with van der Waals surface area (Å²) in [5.41, 5.74) is 8.72. The second-order valence-corrected chi connectivity index (χ2v) is 8.39. The molecule has 3 N–H and O–H groups in total. The van der Waals surface area contributed by atoms with Crippen LogP contribution in [0.5, 0.6) is 0 Å². The van der Waals surface area contributed by atoms with E-state index in [1.54, 1.807) is 0 Å². The number of nitrogens with zero attached hydrogens (tertiary/aromatic N) is 7. The first-order valence-electron chi connectivity index (χ1n) is 10.2. The minimum atomic E-state index is 0.234. The molecule has 3 aromatic heterocycles. The first-order chi connectivity index (χ1) is 14.1. The van der Waals surface area contributed by atoms with Crippen LogP contribution >= 0.6 is 0 Å². The summed E-state index contributed by atoms with van der Waals surface area (Å²) in [6, 6.07) is 4.03. The van der Waals surface area contributed by atoms with Gasteiger partial charge in [0.25, 0.3) is 0 Å². The molecule has 29 heavy (non-hydrogen) atoms. The molecule has 3 aromatic rings. The third-order valence-electron chi connectivity index (χ3n) is 6.36. The van der Waals surface area contributed by atoms with Gasteiger partial charge in [0, 0.05) is 39.4 Å². The molecule has 5 heterocycles. The zero-order valence-electron chi connectivity index (χ0n) is 17.0. The Kier molecular flexibility index (Phi) is 4.27. The molecule has 9 nitrogen and oxygen atoms in total. The molecule has 2 aliphatic rings. The number of likely N-dealkylation sites (N-methyl/N-ethyl adjacent to an activating group) is 1. The summed E-state index contributed by atoms with van der Waals surface area (Å²) in [6.07, 6.45) is 5.83. The topological polar surface area (TPSA) is 103 Å². The first kappa shape index (κ1) is 18.1. The number of pyridine rings is 1. The molecule has 0 amide bonds. The highest BCUT2D eigenvalue weighted by Crippen LogP contribution is 2.37. The highest BCUT2D eigenvalue weighted by molar-refractivity contribution is 5.89. The lowest BCUT2D eigenvalue weighted by Gasteiger charge is -2.39. The molecule has 0 aromatic carbocycles. The Morgan fingerprint density at radius 1 is 1.14 bits per heavy atom. The zero-order chi connectivity index (χ0) is 20.0. The number of nitrogens with two attached hydrogens (primary N) is 1. The van der Waals surface area contributed by atoms with E-state index < -0.39 is 0 Å². The van der Waals surface area contributed by atoms with Gasteiger partial charge in [-0.3, -0.25) is 5.10 Å². The largest absolute Gasteiger partial charge is 0.356 e. The average molecular weight is 393 g/mol. The molecule has 2 aliphatic heterocycles. The van der Waals surface area contributed by atoms with Crippen LogP contribution in [0.1, 0.15) is 19.8 Å². The number of fused-ring (bicyclic) bond motifs is 2. The molecule has 152 valence electrons. The van der Waals surface area contributed by atoms with Crippen LogP contribution in [0, 0.1) is 5.41 Å². The van der Waals surface area contributed by atoms with Crippen LogP contribution in [0.15, 0.2) is 24.5 Å². The van der Waals surface area contributed by atoms with Crippen molar-refractivity contribution in [2.45, 2.75) is 19.8 Å². The summed E-state index contributed by atoms with van der Waals surface area (Å²) in [5, 5.41) is 7.65. The van der Waals surface area contributed by atoms with E-state index in [1.807, 2.05) is 18.5 Å². The molecule has 1 saturated heterocycles. The molecule has 0 saturated carbocycles. The van der Waals surface area contributed by atoms with E-state index in [1.165, 1.54) is 0 Å². The monoisotopic (exact) mass is 393 g/mol. The van der Waals surface area contributed by atoms with Crippen molar-refractivity contribution in [2.75, 3.05) is 54.5 Å². The van der Waals surface area contributed by atoms with Gasteiger partial charge in [-0.05, 0) is 36.9 Å². The van der Waals surface area contributed by atoms with E-state index in [4.69, 9.17) is 15.7 Å². The van der Waals surface area contributed by atoms with E-state index in [0.717, 1.165) is 74.2 Å². The van der Waals surface area contributed by atoms with Crippen LogP contribution in [0.4, 0.5) is 23.1 Å². The van der Waals surface area contributed by atoms with Gasteiger partial charge in [-0.1, -0.05) is 6.92 Å². The number of aromatic amines is 1. The van der Waals surface area contributed by atoms with Gasteiger partial charge in [0.1, 0.15) is 5.82 Å². The first-order valence-corrected chi connectivity index (χ1v) is 10.2. The Labute approximate surface area is 169 Å². The molecule has 9 heteroatoms. The molecule has 0 radical (unpaired) electrons. The Bertz CT molecular complexity index is 1020. The molecular formula is C20H27N9. The molecule has 5 rings (SSSR count). The number of aromatic nitrogens is 5. The van der Waals surface area contributed by atoms with Crippen molar-refractivity contribution in [1.82, 2.24) is 25.1 Å². The molecule has 1 fully saturated rings. The van der Waals surface area contributed by atoms with E-state index in [-0.39, 0.29) is 5.41 Å². The standard InChI is InChI=1S/C20H27N9/c1-20(13-21)5-8-28(9-6-20)15-12-23-16-17(24-15)25-26-19(16)29-11-10-27(2)18-14(29)4-3-7-22-18/h3-4,7,12H,5-6,8-11,13,21H2,1-2H3,(H,24,25,26). The molecule has 0 unspecified atom stereocenters. The normalized spacial score (nSPS) is 18.9. The van der Waals surface area contributed by atoms with Crippen molar-refractivity contribution in [2.24, 2.45) is 11.1 Å². The number of H-pyrrole nitrogens is 1. The number of hydrogen-bond donors (Lipinski definition) is 2. The summed E-state index contributed by atoms with van der Waals surface area (Å²) in [6.45, 7) is 6.60. The molecule has 0 aliphatic carbocycles. The summed E-state index contributed by atoms with van der Waals surface area (Å²) in [7, 11) is 2.06. The van der Waals surface area contributed by atoms with Crippen molar-refractivity contribution in [3.8, 4) is 0 Å². The Balaban J connectivity index is 1.45. The Morgan fingerprint density at radius 3 is 2.76 bits per heavy atom. The van der Waals surface area contributed by atoms with Gasteiger partial charge in [0.05, 0.1) is 11.9 Å². The lowest BCUT2D eigenvalue weighted by atomic mass is 9.80. The summed E-state index contributed by atoms with van der Waals surface area (Å²) in [5.74, 6) is 2.65. The van der Waals surface area contributed by atoms with E-state index in [0.29, 0.717) is 5.65 Å². The van der Waals surface area contributed by atoms with Crippen LogP contribution in [0.3, 0.4) is 0 Å². The Morgan fingerprint density at radius 2 is 1.97 bits per heavy atom. The smallest absolute Gasteiger partial charge is 0.183 e. The van der Waals surface area contributed by atoms with Crippen molar-refractivity contribution < 1.29 is 0 Å². The van der Waals surface area contributed by atoms with Crippen molar-refractivity contribution >= 4 is 34.3 Å². The molecule has 0 bridgehead atoms. The van der Waals surface area contributed by atoms with Gasteiger partial charge in [-0.2, -0.15) is 5.10 Å². The lowest BCUT2D eigenvalue weighted by Crippen LogP contribution is -2.42. The van der Waals surface area contributed by atoms with Gasteiger partial charge >= 0.3 is 0 Å². The number of hydrogen-bond acceptors (Lipinski definition) is 8. The third-order valence-corrected chi connectivity index (χ3v) is 6.36. The molecular weight excluding hydrogens is 366 g/mol. The van der Waals surface area contributed by atoms with Crippen molar-refractivity contribution in [1.29, 1.82) is 0 Å². The van der Waals surface area contributed by atoms with E-state index in [2.05, 4.69) is 49.9 Å². The minimum absolute atomic E-state index is 0.234. The van der Waals surface area contributed by atoms with Crippen LogP contribution in [-0.2, 0) is 0 Å². The highest BCUT2D eigenvalue weighted by atomic mass is 15.4. The fourth-order valence-corrected chi connectivity index (χ4v) is 4.19. The number of anilines is 4. The van der Waals surface area contributed by atoms with Crippen LogP contribution < -0.4 is 20.4 Å². The second-order valence-electron chi connectivity index (χ2n) is 8.39. The summed E-state index contributed by atoms with van der Waals surface area (Å²) < 4.78 is 0. The fourth-order valence-electron chi connectivity index (χ4n) is 4.19. The zero-order valence-corrected chi connectivity index (χ0v) is 17.0. The predicted octanol–water partition coefficient (Wildman–Crippen LogP) is 1.90. The Hall–Kier alpha value is -2.94. The maximum absolute atomic E-state index is 5.94. The number of rotatable bonds is 3.